The Kier molecular flexibility index (Phi) is 4.94. The predicted molar refractivity (Wildman–Crippen MR) is 112 cm³/mol. The quantitative estimate of drug-likeness (QED) is 0.699. The first-order chi connectivity index (χ1) is 14.9. The minimum absolute atomic E-state index is 0.118. The number of nitrogens with one attached hydrogen (secondary N) is 1. The monoisotopic (exact) mass is 424 g/mol. The molecule has 4 aliphatic rings. The van der Waals surface area contributed by atoms with Gasteiger partial charge in [0.25, 0.3) is 11.8 Å². The van der Waals surface area contributed by atoms with Crippen LogP contribution in [0.25, 0.3) is 0 Å². The van der Waals surface area contributed by atoms with E-state index in [0.29, 0.717) is 30.1 Å². The third-order valence-corrected chi connectivity index (χ3v) is 7.50. The number of rotatable bonds is 4. The van der Waals surface area contributed by atoms with Gasteiger partial charge in [0.2, 0.25) is 11.8 Å². The van der Waals surface area contributed by atoms with E-state index in [2.05, 4.69) is 10.2 Å². The maximum absolute atomic E-state index is 13.3. The minimum Gasteiger partial charge on any atom is -0.330 e. The molecule has 1 aliphatic carbocycles. The SMILES string of the molecule is NCC12CCCC(CN(Cc3cccc4c3C(=O)N(C3CCC(=O)NC3=O)C4=O)C1)C2. The summed E-state index contributed by atoms with van der Waals surface area (Å²) in [4.78, 5) is 53.6. The van der Waals surface area contributed by atoms with E-state index in [9.17, 15) is 19.2 Å². The summed E-state index contributed by atoms with van der Waals surface area (Å²) >= 11 is 0. The van der Waals surface area contributed by atoms with Gasteiger partial charge < -0.3 is 5.73 Å². The lowest BCUT2D eigenvalue weighted by Gasteiger charge is -2.49. The van der Waals surface area contributed by atoms with Crippen LogP contribution >= 0.6 is 0 Å². The van der Waals surface area contributed by atoms with Gasteiger partial charge in [0, 0.05) is 26.1 Å². The fourth-order valence-corrected chi connectivity index (χ4v) is 6.11. The molecule has 3 atom stereocenters. The molecule has 31 heavy (non-hydrogen) atoms. The zero-order valence-electron chi connectivity index (χ0n) is 17.6. The van der Waals surface area contributed by atoms with Crippen molar-refractivity contribution in [2.75, 3.05) is 19.6 Å². The molecule has 3 aliphatic heterocycles. The number of nitrogens with two attached hydrogens (primary N) is 1. The first-order valence-corrected chi connectivity index (χ1v) is 11.2. The molecule has 1 aromatic rings. The van der Waals surface area contributed by atoms with Crippen molar-refractivity contribution in [3.63, 3.8) is 0 Å². The molecule has 1 aromatic carbocycles. The summed E-state index contributed by atoms with van der Waals surface area (Å²) < 4.78 is 0. The Morgan fingerprint density at radius 2 is 1.97 bits per heavy atom. The largest absolute Gasteiger partial charge is 0.330 e. The highest BCUT2D eigenvalue weighted by Gasteiger charge is 2.46. The van der Waals surface area contributed by atoms with E-state index in [1.165, 1.54) is 19.3 Å². The van der Waals surface area contributed by atoms with Crippen molar-refractivity contribution in [3.05, 3.63) is 34.9 Å². The molecule has 3 unspecified atom stereocenters. The van der Waals surface area contributed by atoms with Gasteiger partial charge in [0.15, 0.2) is 0 Å². The van der Waals surface area contributed by atoms with Crippen LogP contribution in [0.4, 0.5) is 0 Å². The highest BCUT2D eigenvalue weighted by atomic mass is 16.2. The Balaban J connectivity index is 1.41. The number of piperidine rings is 2. The number of hydrogen-bond donors (Lipinski definition) is 2. The van der Waals surface area contributed by atoms with Crippen molar-refractivity contribution in [3.8, 4) is 0 Å². The molecular weight excluding hydrogens is 396 g/mol. The average molecular weight is 425 g/mol. The van der Waals surface area contributed by atoms with Crippen LogP contribution in [0, 0.1) is 11.3 Å². The molecule has 0 radical (unpaired) electrons. The molecule has 8 heteroatoms. The number of hydrogen-bond acceptors (Lipinski definition) is 6. The number of nitrogens with zero attached hydrogens (tertiary/aromatic N) is 2. The second-order valence-electron chi connectivity index (χ2n) is 9.62. The molecule has 0 spiro atoms. The fourth-order valence-electron chi connectivity index (χ4n) is 6.11. The van der Waals surface area contributed by atoms with Crippen LogP contribution in [0.3, 0.4) is 0 Å². The van der Waals surface area contributed by atoms with Gasteiger partial charge in [-0.05, 0) is 55.2 Å². The lowest BCUT2D eigenvalue weighted by atomic mass is 9.66. The number of imide groups is 2. The summed E-state index contributed by atoms with van der Waals surface area (Å²) in [5.74, 6) is -1.22. The predicted octanol–water partition coefficient (Wildman–Crippen LogP) is 1.04. The lowest BCUT2D eigenvalue weighted by Crippen LogP contribution is -2.54. The molecule has 8 nitrogen and oxygen atoms in total. The van der Waals surface area contributed by atoms with Gasteiger partial charge in [0.05, 0.1) is 11.1 Å². The molecule has 3 heterocycles. The summed E-state index contributed by atoms with van der Waals surface area (Å²) in [5.41, 5.74) is 7.87. The molecule has 2 bridgehead atoms. The van der Waals surface area contributed by atoms with Crippen LogP contribution in [-0.2, 0) is 16.1 Å². The van der Waals surface area contributed by atoms with E-state index in [1.54, 1.807) is 12.1 Å². The highest BCUT2D eigenvalue weighted by molar-refractivity contribution is 6.24. The Hall–Kier alpha value is -2.58. The molecule has 4 amide bonds. The summed E-state index contributed by atoms with van der Waals surface area (Å²) in [6.07, 6.45) is 5.04. The second kappa shape index (κ2) is 7.53. The molecule has 164 valence electrons. The smallest absolute Gasteiger partial charge is 0.262 e. The molecule has 3 N–H and O–H groups in total. The molecule has 0 aromatic heterocycles. The van der Waals surface area contributed by atoms with Gasteiger partial charge in [-0.2, -0.15) is 0 Å². The number of likely N-dealkylation sites (tertiary alicyclic amines) is 1. The van der Waals surface area contributed by atoms with Crippen LogP contribution in [0.1, 0.15) is 64.8 Å². The van der Waals surface area contributed by atoms with Crippen molar-refractivity contribution in [2.45, 2.75) is 51.1 Å². The summed E-state index contributed by atoms with van der Waals surface area (Å²) in [6, 6.07) is 4.42. The van der Waals surface area contributed by atoms with Gasteiger partial charge in [-0.3, -0.25) is 34.3 Å². The molecule has 5 rings (SSSR count). The van der Waals surface area contributed by atoms with Crippen LogP contribution in [0.2, 0.25) is 0 Å². The number of amides is 4. The van der Waals surface area contributed by atoms with Crippen molar-refractivity contribution in [2.24, 2.45) is 17.1 Å². The standard InChI is InChI=1S/C23H28N4O4/c24-12-23-8-2-3-14(9-23)10-26(13-23)11-15-4-1-5-16-19(15)22(31)27(21(16)30)17-6-7-18(28)25-20(17)29/h1,4-5,14,17H,2-3,6-13,24H2,(H,25,28,29). The summed E-state index contributed by atoms with van der Waals surface area (Å²) in [6.45, 7) is 3.14. The van der Waals surface area contributed by atoms with Crippen molar-refractivity contribution >= 4 is 23.6 Å². The van der Waals surface area contributed by atoms with E-state index >= 15 is 0 Å². The maximum atomic E-state index is 13.3. The van der Waals surface area contributed by atoms with E-state index < -0.39 is 23.8 Å². The van der Waals surface area contributed by atoms with Gasteiger partial charge in [-0.25, -0.2) is 0 Å². The minimum atomic E-state index is -0.937. The highest BCUT2D eigenvalue weighted by Crippen LogP contribution is 2.44. The topological polar surface area (TPSA) is 113 Å². The first-order valence-electron chi connectivity index (χ1n) is 11.2. The molecule has 1 saturated carbocycles. The Morgan fingerprint density at radius 3 is 2.74 bits per heavy atom. The van der Waals surface area contributed by atoms with Crippen molar-refractivity contribution < 1.29 is 19.2 Å². The summed E-state index contributed by atoms with van der Waals surface area (Å²) in [7, 11) is 0. The molecular formula is C23H28N4O4. The van der Waals surface area contributed by atoms with Crippen LogP contribution < -0.4 is 11.1 Å². The van der Waals surface area contributed by atoms with Crippen LogP contribution in [0.5, 0.6) is 0 Å². The van der Waals surface area contributed by atoms with Crippen LogP contribution in [-0.4, -0.2) is 59.1 Å². The van der Waals surface area contributed by atoms with Crippen molar-refractivity contribution in [1.82, 2.24) is 15.1 Å². The number of carbonyl (C=O) groups excluding carboxylic acids is 4. The first kappa shape index (κ1) is 20.3. The van der Waals surface area contributed by atoms with Gasteiger partial charge >= 0.3 is 0 Å². The van der Waals surface area contributed by atoms with Crippen LogP contribution in [0.15, 0.2) is 18.2 Å². The summed E-state index contributed by atoms with van der Waals surface area (Å²) in [5, 5.41) is 2.24. The number of carbonyl (C=O) groups is 4. The third kappa shape index (κ3) is 3.38. The van der Waals surface area contributed by atoms with Gasteiger partial charge in [-0.15, -0.1) is 0 Å². The van der Waals surface area contributed by atoms with E-state index in [1.807, 2.05) is 6.07 Å². The number of benzene rings is 1. The second-order valence-corrected chi connectivity index (χ2v) is 9.62. The zero-order valence-corrected chi connectivity index (χ0v) is 17.6. The molecule has 3 fully saturated rings. The normalized spacial score (nSPS) is 31.1. The Morgan fingerprint density at radius 1 is 1.13 bits per heavy atom. The maximum Gasteiger partial charge on any atom is 0.262 e. The van der Waals surface area contributed by atoms with Crippen molar-refractivity contribution in [1.29, 1.82) is 0 Å². The fraction of sp³-hybridized carbons (Fsp3) is 0.565. The van der Waals surface area contributed by atoms with Gasteiger partial charge in [-0.1, -0.05) is 18.6 Å². The average Bonchev–Trinajstić information content (AvgIpc) is 2.99. The molecule has 2 saturated heterocycles. The Labute approximate surface area is 181 Å². The van der Waals surface area contributed by atoms with E-state index in [-0.39, 0.29) is 24.2 Å². The third-order valence-electron chi connectivity index (χ3n) is 7.50. The van der Waals surface area contributed by atoms with E-state index in [0.717, 1.165) is 30.0 Å². The lowest BCUT2D eigenvalue weighted by molar-refractivity contribution is -0.136. The van der Waals surface area contributed by atoms with Gasteiger partial charge in [0.1, 0.15) is 6.04 Å². The zero-order chi connectivity index (χ0) is 21.8. The Bertz CT molecular complexity index is 976. The number of fused-ring (bicyclic) bond motifs is 3. The van der Waals surface area contributed by atoms with E-state index in [4.69, 9.17) is 5.73 Å².